The first-order valence-corrected chi connectivity index (χ1v) is 9.43. The quantitative estimate of drug-likeness (QED) is 0.648. The van der Waals surface area contributed by atoms with E-state index in [1.807, 2.05) is 30.3 Å². The average Bonchev–Trinajstić information content (AvgIpc) is 2.98. The van der Waals surface area contributed by atoms with Crippen LogP contribution < -0.4 is 5.56 Å². The fourth-order valence-electron chi connectivity index (χ4n) is 2.75. The maximum atomic E-state index is 12.9. The van der Waals surface area contributed by atoms with Crippen LogP contribution in [0, 0.1) is 0 Å². The highest BCUT2D eigenvalue weighted by Gasteiger charge is 2.15. The predicted molar refractivity (Wildman–Crippen MR) is 103 cm³/mol. The number of Topliss-reactive ketones (excluding diaryl/α,β-unsaturated/α-hetero) is 1. The summed E-state index contributed by atoms with van der Waals surface area (Å²) in [6.45, 7) is 3.95. The zero-order chi connectivity index (χ0) is 18.0. The van der Waals surface area contributed by atoms with E-state index in [0.29, 0.717) is 35.6 Å². The number of hydrogen-bond acceptors (Lipinski definition) is 4. The Kier molecular flexibility index (Phi) is 5.35. The van der Waals surface area contributed by atoms with Gasteiger partial charge in [0.05, 0.1) is 5.39 Å². The van der Waals surface area contributed by atoms with Gasteiger partial charge in [-0.1, -0.05) is 30.7 Å². The second kappa shape index (κ2) is 7.50. The maximum Gasteiger partial charge on any atom is 0.262 e. The second-order valence-electron chi connectivity index (χ2n) is 6.03. The lowest BCUT2D eigenvalue weighted by molar-refractivity contribution is -0.117. The molecule has 3 aromatic rings. The van der Waals surface area contributed by atoms with E-state index in [0.717, 1.165) is 21.7 Å². The zero-order valence-electron chi connectivity index (χ0n) is 14.2. The third kappa shape index (κ3) is 3.99. The minimum Gasteiger partial charge on any atom is -0.300 e. The molecule has 0 spiro atoms. The summed E-state index contributed by atoms with van der Waals surface area (Å²) in [5.41, 5.74) is 0.918. The molecule has 0 bridgehead atoms. The largest absolute Gasteiger partial charge is 0.300 e. The first kappa shape index (κ1) is 17.8. The van der Waals surface area contributed by atoms with Gasteiger partial charge in [-0.2, -0.15) is 0 Å². The van der Waals surface area contributed by atoms with Crippen molar-refractivity contribution in [3.05, 3.63) is 62.0 Å². The van der Waals surface area contributed by atoms with Crippen LogP contribution in [0.3, 0.4) is 0 Å². The standard InChI is InChI=1S/C19H19ClN2O2S/c1-3-15-11-16-18(25-15)21-17(10-13-5-4-6-14(20)9-13)22(19(16)24)8-7-12(2)23/h4-6,9,11H,3,7-8,10H2,1-2H3. The van der Waals surface area contributed by atoms with Crippen LogP contribution in [0.4, 0.5) is 0 Å². The molecule has 0 atom stereocenters. The van der Waals surface area contributed by atoms with Crippen molar-refractivity contribution >= 4 is 38.9 Å². The van der Waals surface area contributed by atoms with E-state index < -0.39 is 0 Å². The molecule has 0 aliphatic heterocycles. The Hall–Kier alpha value is -1.98. The van der Waals surface area contributed by atoms with Gasteiger partial charge in [0.2, 0.25) is 0 Å². The molecule has 3 rings (SSSR count). The predicted octanol–water partition coefficient (Wildman–Crippen LogP) is 4.24. The number of ketones is 1. The summed E-state index contributed by atoms with van der Waals surface area (Å²) >= 11 is 7.63. The van der Waals surface area contributed by atoms with Crippen molar-refractivity contribution in [2.24, 2.45) is 0 Å². The number of carbonyl (C=O) groups excluding carboxylic acids is 1. The lowest BCUT2D eigenvalue weighted by atomic mass is 10.1. The van der Waals surface area contributed by atoms with E-state index in [9.17, 15) is 9.59 Å². The first-order valence-electron chi connectivity index (χ1n) is 8.24. The third-order valence-electron chi connectivity index (χ3n) is 4.07. The highest BCUT2D eigenvalue weighted by molar-refractivity contribution is 7.18. The fraction of sp³-hybridized carbons (Fsp3) is 0.316. The maximum absolute atomic E-state index is 12.9. The van der Waals surface area contributed by atoms with E-state index in [-0.39, 0.29) is 11.3 Å². The lowest BCUT2D eigenvalue weighted by Crippen LogP contribution is -2.26. The normalized spacial score (nSPS) is 11.2. The van der Waals surface area contributed by atoms with Crippen molar-refractivity contribution in [2.45, 2.75) is 39.7 Å². The molecule has 0 unspecified atom stereocenters. The van der Waals surface area contributed by atoms with Crippen LogP contribution in [0.1, 0.15) is 36.5 Å². The van der Waals surface area contributed by atoms with Crippen LogP contribution in [0.5, 0.6) is 0 Å². The molecule has 0 aliphatic carbocycles. The van der Waals surface area contributed by atoms with Gasteiger partial charge in [0.1, 0.15) is 16.4 Å². The minimum atomic E-state index is -0.0702. The Balaban J connectivity index is 2.11. The molecule has 0 aliphatic rings. The summed E-state index contributed by atoms with van der Waals surface area (Å²) in [4.78, 5) is 31.0. The number of nitrogens with zero attached hydrogens (tertiary/aromatic N) is 2. The lowest BCUT2D eigenvalue weighted by Gasteiger charge is -2.12. The molecule has 4 nitrogen and oxygen atoms in total. The second-order valence-corrected chi connectivity index (χ2v) is 7.58. The molecule has 0 radical (unpaired) electrons. The number of halogens is 1. The van der Waals surface area contributed by atoms with Crippen LogP contribution in [0.15, 0.2) is 35.1 Å². The van der Waals surface area contributed by atoms with Crippen LogP contribution in [-0.2, 0) is 24.2 Å². The molecule has 0 saturated heterocycles. The zero-order valence-corrected chi connectivity index (χ0v) is 15.8. The molecular weight excluding hydrogens is 356 g/mol. The number of hydrogen-bond donors (Lipinski definition) is 0. The van der Waals surface area contributed by atoms with Gasteiger partial charge in [0.25, 0.3) is 5.56 Å². The van der Waals surface area contributed by atoms with E-state index in [1.54, 1.807) is 15.9 Å². The molecule has 1 aromatic carbocycles. The average molecular weight is 375 g/mol. The number of benzene rings is 1. The van der Waals surface area contributed by atoms with Gasteiger partial charge in [0.15, 0.2) is 0 Å². The van der Waals surface area contributed by atoms with E-state index >= 15 is 0 Å². The van der Waals surface area contributed by atoms with Crippen molar-refractivity contribution < 1.29 is 4.79 Å². The van der Waals surface area contributed by atoms with E-state index in [2.05, 4.69) is 6.92 Å². The van der Waals surface area contributed by atoms with Crippen LogP contribution in [-0.4, -0.2) is 15.3 Å². The van der Waals surface area contributed by atoms with Gasteiger partial charge < -0.3 is 0 Å². The van der Waals surface area contributed by atoms with Crippen LogP contribution in [0.2, 0.25) is 5.02 Å². The van der Waals surface area contributed by atoms with Gasteiger partial charge >= 0.3 is 0 Å². The summed E-state index contributed by atoms with van der Waals surface area (Å²) in [5.74, 6) is 0.728. The Bertz CT molecular complexity index is 991. The summed E-state index contributed by atoms with van der Waals surface area (Å²) in [7, 11) is 0. The van der Waals surface area contributed by atoms with Gasteiger partial charge in [-0.3, -0.25) is 14.2 Å². The molecule has 0 amide bonds. The van der Waals surface area contributed by atoms with Crippen LogP contribution in [0.25, 0.3) is 10.2 Å². The van der Waals surface area contributed by atoms with E-state index in [4.69, 9.17) is 16.6 Å². The molecular formula is C19H19ClN2O2S. The summed E-state index contributed by atoms with van der Waals surface area (Å²) < 4.78 is 1.64. The first-order chi connectivity index (χ1) is 12.0. The van der Waals surface area contributed by atoms with Crippen molar-refractivity contribution in [3.63, 3.8) is 0 Å². The van der Waals surface area contributed by atoms with Crippen LogP contribution >= 0.6 is 22.9 Å². The van der Waals surface area contributed by atoms with Gasteiger partial charge in [-0.25, -0.2) is 4.98 Å². The molecule has 25 heavy (non-hydrogen) atoms. The number of rotatable bonds is 6. The van der Waals surface area contributed by atoms with Crippen molar-refractivity contribution in [2.75, 3.05) is 0 Å². The minimum absolute atomic E-state index is 0.0558. The molecule has 2 heterocycles. The molecule has 2 aromatic heterocycles. The van der Waals surface area contributed by atoms with Crippen molar-refractivity contribution in [1.82, 2.24) is 9.55 Å². The number of aromatic nitrogens is 2. The Morgan fingerprint density at radius 1 is 1.32 bits per heavy atom. The summed E-state index contributed by atoms with van der Waals surface area (Å²) in [6, 6.07) is 9.46. The van der Waals surface area contributed by atoms with Crippen molar-refractivity contribution in [3.8, 4) is 0 Å². The summed E-state index contributed by atoms with van der Waals surface area (Å²) in [5, 5.41) is 1.29. The monoisotopic (exact) mass is 374 g/mol. The number of aryl methyl sites for hydroxylation is 1. The summed E-state index contributed by atoms with van der Waals surface area (Å²) in [6.07, 6.45) is 1.70. The molecule has 0 N–H and O–H groups in total. The third-order valence-corrected chi connectivity index (χ3v) is 5.48. The number of carbonyl (C=O) groups is 1. The Morgan fingerprint density at radius 3 is 2.80 bits per heavy atom. The smallest absolute Gasteiger partial charge is 0.262 e. The Labute approximate surface area is 155 Å². The SMILES string of the molecule is CCc1cc2c(=O)n(CCC(C)=O)c(Cc3cccc(Cl)c3)nc2s1. The van der Waals surface area contributed by atoms with E-state index in [1.165, 1.54) is 6.92 Å². The molecule has 6 heteroatoms. The highest BCUT2D eigenvalue weighted by atomic mass is 35.5. The fourth-order valence-corrected chi connectivity index (χ4v) is 3.94. The van der Waals surface area contributed by atoms with Crippen molar-refractivity contribution in [1.29, 1.82) is 0 Å². The number of fused-ring (bicyclic) bond motifs is 1. The Morgan fingerprint density at radius 2 is 2.12 bits per heavy atom. The van der Waals surface area contributed by atoms with Gasteiger partial charge in [-0.05, 0) is 37.1 Å². The van der Waals surface area contributed by atoms with Gasteiger partial charge in [0, 0.05) is 29.3 Å². The van der Waals surface area contributed by atoms with Gasteiger partial charge in [-0.15, -0.1) is 11.3 Å². The topological polar surface area (TPSA) is 52.0 Å². The number of thiophene rings is 1. The highest BCUT2D eigenvalue weighted by Crippen LogP contribution is 2.23. The molecule has 130 valence electrons. The molecule has 0 saturated carbocycles. The molecule has 0 fully saturated rings.